The van der Waals surface area contributed by atoms with Crippen molar-refractivity contribution in [1.29, 1.82) is 0 Å². The first kappa shape index (κ1) is 21.0. The fourth-order valence-electron chi connectivity index (χ4n) is 1.61. The lowest BCUT2D eigenvalue weighted by atomic mass is 9.94. The lowest BCUT2D eigenvalue weighted by Crippen LogP contribution is -2.49. The maximum absolute atomic E-state index is 12.4. The lowest BCUT2D eigenvalue weighted by molar-refractivity contribution is -0.0329. The van der Waals surface area contributed by atoms with E-state index in [9.17, 15) is 18.0 Å². The summed E-state index contributed by atoms with van der Waals surface area (Å²) in [7, 11) is 0. The molecule has 0 aromatic carbocycles. The summed E-state index contributed by atoms with van der Waals surface area (Å²) in [6.07, 6.45) is 2.53. The summed E-state index contributed by atoms with van der Waals surface area (Å²) >= 11 is -0.403. The van der Waals surface area contributed by atoms with Crippen molar-refractivity contribution >= 4 is 30.1 Å². The summed E-state index contributed by atoms with van der Waals surface area (Å²) in [5.74, 6) is -0.605. The highest BCUT2D eigenvalue weighted by Crippen LogP contribution is 2.37. The van der Waals surface area contributed by atoms with Crippen LogP contribution in [0.15, 0.2) is 23.4 Å². The van der Waals surface area contributed by atoms with E-state index in [2.05, 4.69) is 10.3 Å². The number of amides is 1. The number of nitrogens with one attached hydrogen (secondary N) is 1. The summed E-state index contributed by atoms with van der Waals surface area (Å²) in [5.41, 5.74) is 0.892. The van der Waals surface area contributed by atoms with Gasteiger partial charge in [-0.25, -0.2) is 4.98 Å². The van der Waals surface area contributed by atoms with Gasteiger partial charge in [0.15, 0.2) is 0 Å². The quantitative estimate of drug-likeness (QED) is 0.766. The van der Waals surface area contributed by atoms with Crippen LogP contribution in [0.4, 0.5) is 13.2 Å². The Labute approximate surface area is 137 Å². The predicted octanol–water partition coefficient (Wildman–Crippen LogP) is 3.36. The Morgan fingerprint density at radius 1 is 1.36 bits per heavy atom. The number of carbonyl (C=O) groups is 1. The molecular formula is C13H19ClF3N3OS. The number of halogens is 4. The van der Waals surface area contributed by atoms with Crippen LogP contribution in [0.3, 0.4) is 0 Å². The average molecular weight is 358 g/mol. The minimum Gasteiger partial charge on any atom is -0.350 e. The molecule has 126 valence electrons. The number of hydrogen-bond acceptors (Lipinski definition) is 4. The van der Waals surface area contributed by atoms with E-state index in [0.717, 1.165) is 0 Å². The summed E-state index contributed by atoms with van der Waals surface area (Å²) < 4.78 is 37.3. The van der Waals surface area contributed by atoms with E-state index in [0.29, 0.717) is 12.8 Å². The van der Waals surface area contributed by atoms with E-state index in [1.165, 1.54) is 18.3 Å². The SMILES string of the molecule is CCC(N)(CC)CNC(=O)c1cccnc1SC(F)(F)F.Cl. The third-order valence-electron chi connectivity index (χ3n) is 3.24. The third-order valence-corrected chi connectivity index (χ3v) is 3.99. The normalized spacial score (nSPS) is 11.7. The zero-order chi connectivity index (χ0) is 16.1. The number of alkyl halides is 3. The summed E-state index contributed by atoms with van der Waals surface area (Å²) in [6.45, 7) is 3.99. The number of nitrogens with two attached hydrogens (primary N) is 1. The molecule has 0 bridgehead atoms. The van der Waals surface area contributed by atoms with Crippen molar-refractivity contribution in [3.8, 4) is 0 Å². The molecule has 0 saturated carbocycles. The molecule has 0 unspecified atom stereocenters. The highest BCUT2D eigenvalue weighted by atomic mass is 35.5. The third kappa shape index (κ3) is 6.41. The van der Waals surface area contributed by atoms with Crippen LogP contribution >= 0.6 is 24.2 Å². The molecule has 0 aliphatic heterocycles. The number of carbonyl (C=O) groups excluding carboxylic acids is 1. The highest BCUT2D eigenvalue weighted by molar-refractivity contribution is 8.00. The molecule has 1 aromatic heterocycles. The first-order chi connectivity index (χ1) is 9.71. The van der Waals surface area contributed by atoms with E-state index >= 15 is 0 Å². The Kier molecular flexibility index (Phi) is 8.21. The first-order valence-electron chi connectivity index (χ1n) is 6.48. The van der Waals surface area contributed by atoms with Gasteiger partial charge in [-0.2, -0.15) is 13.2 Å². The van der Waals surface area contributed by atoms with Crippen LogP contribution in [0.1, 0.15) is 37.0 Å². The molecule has 1 rings (SSSR count). The molecule has 1 aromatic rings. The fraction of sp³-hybridized carbons (Fsp3) is 0.538. The van der Waals surface area contributed by atoms with Crippen LogP contribution in [-0.4, -0.2) is 28.5 Å². The zero-order valence-corrected chi connectivity index (χ0v) is 13.9. The Morgan fingerprint density at radius 2 is 1.95 bits per heavy atom. The van der Waals surface area contributed by atoms with E-state index < -0.39 is 28.7 Å². The second kappa shape index (κ2) is 8.59. The van der Waals surface area contributed by atoms with Crippen LogP contribution in [-0.2, 0) is 0 Å². The van der Waals surface area contributed by atoms with Crippen LogP contribution in [0.25, 0.3) is 0 Å². The van der Waals surface area contributed by atoms with E-state index in [4.69, 9.17) is 5.73 Å². The molecule has 1 amide bonds. The van der Waals surface area contributed by atoms with Gasteiger partial charge in [-0.1, -0.05) is 13.8 Å². The van der Waals surface area contributed by atoms with Gasteiger partial charge in [0.2, 0.25) is 0 Å². The predicted molar refractivity (Wildman–Crippen MR) is 83.2 cm³/mol. The molecule has 3 N–H and O–H groups in total. The molecule has 4 nitrogen and oxygen atoms in total. The van der Waals surface area contributed by atoms with Crippen LogP contribution in [0.5, 0.6) is 0 Å². The van der Waals surface area contributed by atoms with Crippen LogP contribution in [0, 0.1) is 0 Å². The van der Waals surface area contributed by atoms with Crippen molar-refractivity contribution in [1.82, 2.24) is 10.3 Å². The van der Waals surface area contributed by atoms with Gasteiger partial charge in [-0.05, 0) is 25.0 Å². The standard InChI is InChI=1S/C13H18F3N3OS.ClH/c1-3-12(17,4-2)8-19-10(20)9-6-5-7-18-11(9)21-13(14,15)16;/h5-7H,3-4,8,17H2,1-2H3,(H,19,20);1H. The smallest absolute Gasteiger partial charge is 0.350 e. The number of aromatic nitrogens is 1. The number of hydrogen-bond donors (Lipinski definition) is 2. The number of pyridine rings is 1. The van der Waals surface area contributed by atoms with Crippen LogP contribution < -0.4 is 11.1 Å². The van der Waals surface area contributed by atoms with Gasteiger partial charge in [-0.3, -0.25) is 4.79 Å². The summed E-state index contributed by atoms with van der Waals surface area (Å²) in [5, 5.41) is 2.22. The van der Waals surface area contributed by atoms with Gasteiger partial charge in [0.25, 0.3) is 5.91 Å². The van der Waals surface area contributed by atoms with E-state index in [1.807, 2.05) is 13.8 Å². The number of rotatable bonds is 6. The van der Waals surface area contributed by atoms with Crippen molar-refractivity contribution in [2.75, 3.05) is 6.54 Å². The molecule has 0 aliphatic rings. The molecule has 0 fully saturated rings. The van der Waals surface area contributed by atoms with Gasteiger partial charge < -0.3 is 11.1 Å². The largest absolute Gasteiger partial charge is 0.447 e. The second-order valence-electron chi connectivity index (χ2n) is 4.66. The molecular weight excluding hydrogens is 339 g/mol. The van der Waals surface area contributed by atoms with E-state index in [1.54, 1.807) is 0 Å². The molecule has 0 saturated heterocycles. The van der Waals surface area contributed by atoms with Crippen molar-refractivity contribution in [2.24, 2.45) is 5.73 Å². The Bertz CT molecular complexity index is 496. The highest BCUT2D eigenvalue weighted by Gasteiger charge is 2.32. The molecule has 0 spiro atoms. The van der Waals surface area contributed by atoms with Gasteiger partial charge >= 0.3 is 5.51 Å². The first-order valence-corrected chi connectivity index (χ1v) is 7.30. The summed E-state index contributed by atoms with van der Waals surface area (Å²) in [6, 6.07) is 2.73. The Balaban J connectivity index is 0.00000441. The molecule has 0 aliphatic carbocycles. The molecule has 22 heavy (non-hydrogen) atoms. The van der Waals surface area contributed by atoms with Gasteiger partial charge in [0.1, 0.15) is 5.03 Å². The van der Waals surface area contributed by atoms with Crippen LogP contribution in [0.2, 0.25) is 0 Å². The Morgan fingerprint density at radius 3 is 2.45 bits per heavy atom. The van der Waals surface area contributed by atoms with Crippen molar-refractivity contribution in [3.63, 3.8) is 0 Å². The van der Waals surface area contributed by atoms with Gasteiger partial charge in [0, 0.05) is 30.0 Å². The van der Waals surface area contributed by atoms with Crippen molar-refractivity contribution < 1.29 is 18.0 Å². The number of thioether (sulfide) groups is 1. The molecule has 0 atom stereocenters. The lowest BCUT2D eigenvalue weighted by Gasteiger charge is -2.26. The average Bonchev–Trinajstić information content (AvgIpc) is 2.43. The van der Waals surface area contributed by atoms with Crippen molar-refractivity contribution in [2.45, 2.75) is 42.8 Å². The van der Waals surface area contributed by atoms with Crippen molar-refractivity contribution in [3.05, 3.63) is 23.9 Å². The topological polar surface area (TPSA) is 68.0 Å². The summed E-state index contributed by atoms with van der Waals surface area (Å²) in [4.78, 5) is 15.7. The maximum Gasteiger partial charge on any atom is 0.447 e. The second-order valence-corrected chi connectivity index (χ2v) is 5.71. The molecule has 0 radical (unpaired) electrons. The number of nitrogens with zero attached hydrogens (tertiary/aromatic N) is 1. The van der Waals surface area contributed by atoms with Gasteiger partial charge in [-0.15, -0.1) is 12.4 Å². The monoisotopic (exact) mass is 357 g/mol. The molecule has 1 heterocycles. The fourth-order valence-corrected chi connectivity index (χ4v) is 2.21. The van der Waals surface area contributed by atoms with E-state index in [-0.39, 0.29) is 29.5 Å². The Hall–Kier alpha value is -0.990. The minimum atomic E-state index is -4.49. The van der Waals surface area contributed by atoms with Gasteiger partial charge in [0.05, 0.1) is 5.56 Å². The zero-order valence-electron chi connectivity index (χ0n) is 12.2. The maximum atomic E-state index is 12.4. The molecule has 9 heteroatoms. The minimum absolute atomic E-state index is 0.